The minimum atomic E-state index is -0.432. The maximum absolute atomic E-state index is 12.9. The molecule has 2 heterocycles. The first kappa shape index (κ1) is 28.8. The molecule has 38 heavy (non-hydrogen) atoms. The van der Waals surface area contributed by atoms with Crippen LogP contribution in [0.1, 0.15) is 59.4 Å². The fourth-order valence-corrected chi connectivity index (χ4v) is 5.58. The molecule has 1 aliphatic heterocycles. The van der Waals surface area contributed by atoms with E-state index < -0.39 is 5.69 Å². The van der Waals surface area contributed by atoms with Gasteiger partial charge in [-0.05, 0) is 71.9 Å². The molecule has 1 aliphatic rings. The maximum Gasteiger partial charge on any atom is 0.344 e. The zero-order chi connectivity index (χ0) is 28.3. The molecule has 0 radical (unpaired) electrons. The molecule has 1 aromatic heterocycles. The number of nitrogens with one attached hydrogen (secondary N) is 1. The Bertz CT molecular complexity index is 1270. The average Bonchev–Trinajstić information content (AvgIpc) is 2.83. The molecule has 0 spiro atoms. The number of rotatable bonds is 8. The highest BCUT2D eigenvalue weighted by molar-refractivity contribution is 6.01. The van der Waals surface area contributed by atoms with Crippen LogP contribution in [-0.2, 0) is 4.79 Å². The van der Waals surface area contributed by atoms with Crippen LogP contribution in [0.3, 0.4) is 0 Å². The molecular weight excluding hydrogens is 482 g/mol. The number of H-pyrrole nitrogens is 1. The number of aromatic nitrogens is 2. The largest absolute Gasteiger partial charge is 0.507 e. The van der Waals surface area contributed by atoms with Gasteiger partial charge < -0.3 is 25.6 Å². The van der Waals surface area contributed by atoms with Crippen molar-refractivity contribution in [3.05, 3.63) is 58.7 Å². The van der Waals surface area contributed by atoms with Gasteiger partial charge in [0.25, 0.3) is 0 Å². The molecule has 10 heteroatoms. The lowest BCUT2D eigenvalue weighted by molar-refractivity contribution is -0.151. The van der Waals surface area contributed by atoms with Crippen LogP contribution in [0.4, 0.5) is 0 Å². The number of aromatic hydroxyl groups is 1. The van der Waals surface area contributed by atoms with Crippen molar-refractivity contribution in [2.45, 2.75) is 71.0 Å². The lowest BCUT2D eigenvalue weighted by Gasteiger charge is -2.57. The third kappa shape index (κ3) is 6.19. The Labute approximate surface area is 224 Å². The fourth-order valence-electron chi connectivity index (χ4n) is 5.58. The van der Waals surface area contributed by atoms with Gasteiger partial charge >= 0.3 is 5.69 Å². The third-order valence-corrected chi connectivity index (χ3v) is 7.13. The van der Waals surface area contributed by atoms with Crippen LogP contribution in [0.15, 0.2) is 57.4 Å². The highest BCUT2D eigenvalue weighted by Crippen LogP contribution is 2.41. The molecule has 0 unspecified atom stereocenters. The summed E-state index contributed by atoms with van der Waals surface area (Å²) in [5.41, 5.74) is 7.08. The summed E-state index contributed by atoms with van der Waals surface area (Å²) in [6.07, 6.45) is 6.48. The number of hydrogen-bond donors (Lipinski definition) is 3. The van der Waals surface area contributed by atoms with Crippen molar-refractivity contribution in [2.75, 3.05) is 13.6 Å². The zero-order valence-corrected chi connectivity index (χ0v) is 23.2. The predicted molar refractivity (Wildman–Crippen MR) is 151 cm³/mol. The minimum absolute atomic E-state index is 0.0582. The zero-order valence-electron chi connectivity index (χ0n) is 23.2. The quantitative estimate of drug-likeness (QED) is 0.456. The van der Waals surface area contributed by atoms with E-state index in [1.54, 1.807) is 31.5 Å². The smallest absolute Gasteiger partial charge is 0.344 e. The van der Waals surface area contributed by atoms with E-state index in [-0.39, 0.29) is 28.8 Å². The van der Waals surface area contributed by atoms with Gasteiger partial charge in [-0.2, -0.15) is 0 Å². The molecule has 204 valence electrons. The van der Waals surface area contributed by atoms with E-state index in [4.69, 9.17) is 5.73 Å². The molecule has 1 aromatic carbocycles. The number of likely N-dealkylation sites (tertiary alicyclic amines) is 1. The van der Waals surface area contributed by atoms with E-state index in [2.05, 4.69) is 59.3 Å². The number of nitrogens with two attached hydrogens (primary N) is 1. The molecule has 1 saturated heterocycles. The van der Waals surface area contributed by atoms with Gasteiger partial charge in [-0.3, -0.25) is 9.79 Å². The van der Waals surface area contributed by atoms with Gasteiger partial charge in [-0.25, -0.2) is 14.8 Å². The van der Waals surface area contributed by atoms with E-state index in [1.807, 2.05) is 18.0 Å². The molecule has 1 amide bonds. The second kappa shape index (κ2) is 11.3. The van der Waals surface area contributed by atoms with Crippen LogP contribution in [-0.4, -0.2) is 73.9 Å². The van der Waals surface area contributed by atoms with Gasteiger partial charge in [0, 0.05) is 66.4 Å². The molecule has 10 nitrogen and oxygen atoms in total. The third-order valence-electron chi connectivity index (χ3n) is 7.13. The second-order valence-electron chi connectivity index (χ2n) is 11.0. The number of aliphatic imine (C=N–C) groups is 2. The molecular formula is C28H39N7O3. The first-order valence-corrected chi connectivity index (χ1v) is 12.7. The summed E-state index contributed by atoms with van der Waals surface area (Å²) in [6.45, 7) is 14.2. The van der Waals surface area contributed by atoms with E-state index in [1.165, 1.54) is 6.20 Å². The normalized spacial score (nSPS) is 17.8. The van der Waals surface area contributed by atoms with Gasteiger partial charge in [0.05, 0.1) is 6.20 Å². The Kier molecular flexibility index (Phi) is 8.56. The predicted octanol–water partition coefficient (Wildman–Crippen LogP) is 3.28. The van der Waals surface area contributed by atoms with Gasteiger partial charge in [0.15, 0.2) is 0 Å². The van der Waals surface area contributed by atoms with Gasteiger partial charge in [0.1, 0.15) is 11.6 Å². The summed E-state index contributed by atoms with van der Waals surface area (Å²) in [6, 6.07) is 5.31. The van der Waals surface area contributed by atoms with Crippen LogP contribution >= 0.6 is 0 Å². The average molecular weight is 522 g/mol. The van der Waals surface area contributed by atoms with Crippen LogP contribution in [0.5, 0.6) is 5.75 Å². The van der Waals surface area contributed by atoms with Crippen molar-refractivity contribution in [1.29, 1.82) is 0 Å². The van der Waals surface area contributed by atoms with Crippen molar-refractivity contribution in [3.8, 4) is 16.9 Å². The van der Waals surface area contributed by atoms with Crippen molar-refractivity contribution in [3.63, 3.8) is 0 Å². The SMILES string of the molecule is C=N/C(=C\N=C(/C)c1ccc(-c2cnc(=O)[nH]c2)cc1O)N(C)C1CC(C)(C)N(C(=O)CCN)C(C)(C)C1. The Balaban J connectivity index is 1.82. The highest BCUT2D eigenvalue weighted by atomic mass is 16.3. The number of phenols is 1. The second-order valence-corrected chi connectivity index (χ2v) is 11.0. The first-order valence-electron chi connectivity index (χ1n) is 12.7. The molecule has 0 bridgehead atoms. The lowest BCUT2D eigenvalue weighted by atomic mass is 9.76. The molecule has 1 fully saturated rings. The van der Waals surface area contributed by atoms with E-state index in [0.717, 1.165) is 12.8 Å². The van der Waals surface area contributed by atoms with Crippen LogP contribution in [0.2, 0.25) is 0 Å². The summed E-state index contributed by atoms with van der Waals surface area (Å²) in [4.78, 5) is 43.2. The molecule has 0 atom stereocenters. The molecule has 0 saturated carbocycles. The maximum atomic E-state index is 12.9. The van der Waals surface area contributed by atoms with Crippen LogP contribution in [0.25, 0.3) is 11.1 Å². The highest BCUT2D eigenvalue weighted by Gasteiger charge is 2.48. The number of aromatic amines is 1. The first-order chi connectivity index (χ1) is 17.8. The molecule has 0 aliphatic carbocycles. The van der Waals surface area contributed by atoms with Crippen LogP contribution in [0, 0.1) is 0 Å². The number of carbonyl (C=O) groups excluding carboxylic acids is 1. The van der Waals surface area contributed by atoms with E-state index in [0.29, 0.717) is 41.2 Å². The van der Waals surface area contributed by atoms with Crippen LogP contribution < -0.4 is 11.4 Å². The van der Waals surface area contributed by atoms with Gasteiger partial charge in [-0.1, -0.05) is 6.07 Å². The van der Waals surface area contributed by atoms with Crippen molar-refractivity contribution in [2.24, 2.45) is 15.7 Å². The van der Waals surface area contributed by atoms with Gasteiger partial charge in [-0.15, -0.1) is 0 Å². The summed E-state index contributed by atoms with van der Waals surface area (Å²) in [5.74, 6) is 0.727. The standard InChI is InChI=1S/C28H39N7O3/c1-18(22-9-8-19(12-23(22)36)20-15-32-26(38)33-16-20)31-17-24(30-6)34(7)21-13-27(2,3)35(25(37)10-11-29)28(4,5)14-21/h8-9,12,15-17,21,36H,6,10-11,13-14,29H2,1-5,7H3,(H,32,33,38)/b24-17+,31-18+. The van der Waals surface area contributed by atoms with Crippen molar-refractivity contribution >= 4 is 18.3 Å². The van der Waals surface area contributed by atoms with E-state index >= 15 is 0 Å². The summed E-state index contributed by atoms with van der Waals surface area (Å²) in [7, 11) is 1.96. The summed E-state index contributed by atoms with van der Waals surface area (Å²) >= 11 is 0. The molecule has 3 rings (SSSR count). The Hall–Kier alpha value is -3.79. The number of nitrogens with zero attached hydrogens (tertiary/aromatic N) is 5. The molecule has 2 aromatic rings. The number of phenolic OH excluding ortho intramolecular Hbond substituents is 1. The number of benzene rings is 1. The summed E-state index contributed by atoms with van der Waals surface area (Å²) in [5, 5.41) is 10.7. The van der Waals surface area contributed by atoms with E-state index in [9.17, 15) is 14.7 Å². The van der Waals surface area contributed by atoms with Gasteiger partial charge in [0.2, 0.25) is 5.91 Å². The Morgan fingerprint density at radius 1 is 1.29 bits per heavy atom. The number of piperidine rings is 1. The molecule has 4 N–H and O–H groups in total. The fraction of sp³-hybridized carbons (Fsp3) is 0.464. The summed E-state index contributed by atoms with van der Waals surface area (Å²) < 4.78 is 0. The van der Waals surface area contributed by atoms with Crippen molar-refractivity contribution < 1.29 is 9.90 Å². The topological polar surface area (TPSA) is 140 Å². The number of amides is 1. The minimum Gasteiger partial charge on any atom is -0.507 e. The number of hydrogen-bond acceptors (Lipinski definition) is 8. The van der Waals surface area contributed by atoms with Crippen molar-refractivity contribution in [1.82, 2.24) is 19.8 Å². The number of carbonyl (C=O) groups is 1. The lowest BCUT2D eigenvalue weighted by Crippen LogP contribution is -2.65. The Morgan fingerprint density at radius 2 is 1.95 bits per heavy atom. The monoisotopic (exact) mass is 521 g/mol. The Morgan fingerprint density at radius 3 is 2.47 bits per heavy atom.